The molecule has 0 amide bonds. The first kappa shape index (κ1) is 25.3. The second kappa shape index (κ2) is 9.52. The number of esters is 1. The molecular weight excluding hydrogens is 477 g/mol. The molecular formula is C20H23F3N6O4S. The molecule has 10 nitrogen and oxygen atoms in total. The van der Waals surface area contributed by atoms with E-state index in [0.717, 1.165) is 12.0 Å². The molecule has 0 unspecified atom stereocenters. The number of nitrogens with zero attached hydrogens (tertiary/aromatic N) is 5. The minimum Gasteiger partial charge on any atom is -0.462 e. The maximum atomic E-state index is 13.0. The maximum absolute atomic E-state index is 13.0. The number of fused-ring (bicyclic) bond motifs is 1. The van der Waals surface area contributed by atoms with Crippen molar-refractivity contribution in [1.82, 2.24) is 9.97 Å². The third-order valence-corrected chi connectivity index (χ3v) is 6.18. The summed E-state index contributed by atoms with van der Waals surface area (Å²) in [6.45, 7) is 5.60. The highest BCUT2D eigenvalue weighted by molar-refractivity contribution is 7.93. The van der Waals surface area contributed by atoms with Crippen molar-refractivity contribution in [3.8, 4) is 0 Å². The summed E-state index contributed by atoms with van der Waals surface area (Å²) in [6.07, 6.45) is 1.45. The van der Waals surface area contributed by atoms with Crippen molar-refractivity contribution in [2.75, 3.05) is 29.8 Å². The minimum absolute atomic E-state index is 0.129. The average molecular weight is 501 g/mol. The zero-order valence-corrected chi connectivity index (χ0v) is 19.7. The normalized spacial score (nSPS) is 14.3. The fraction of sp³-hybridized carbons (Fsp3) is 0.450. The molecule has 1 aromatic heterocycles. The van der Waals surface area contributed by atoms with Crippen LogP contribution >= 0.6 is 0 Å². The van der Waals surface area contributed by atoms with E-state index in [1.165, 1.54) is 12.1 Å². The lowest BCUT2D eigenvalue weighted by molar-refractivity contribution is -0.0429. The fourth-order valence-corrected chi connectivity index (χ4v) is 4.08. The van der Waals surface area contributed by atoms with Crippen LogP contribution < -0.4 is 9.62 Å². The standard InChI is InChI=1S/C20H23F3N6O4S/c1-5-33-18(30)17-11(2)24-19(25-12(17)3)27-26-14-9-13-7-6-8-29(4)16(13)10-15(14)28-34(31,32)20(21,22)23/h9-10,28H,5-8H2,1-4H3. The Labute approximate surface area is 194 Å². The van der Waals surface area contributed by atoms with Crippen LogP contribution in [0.15, 0.2) is 22.4 Å². The third-order valence-electron chi connectivity index (χ3n) is 5.08. The molecule has 0 spiro atoms. The van der Waals surface area contributed by atoms with Gasteiger partial charge in [-0.25, -0.2) is 14.8 Å². The van der Waals surface area contributed by atoms with Crippen LogP contribution in [0.1, 0.15) is 40.7 Å². The fourth-order valence-electron chi connectivity index (χ4n) is 3.51. The molecule has 0 saturated carbocycles. The SMILES string of the molecule is CCOC(=O)c1c(C)nc(N=Nc2cc3c(cc2NS(=O)(=O)C(F)(F)F)N(C)CCC3)nc1C. The second-order valence-corrected chi connectivity index (χ2v) is 9.24. The lowest BCUT2D eigenvalue weighted by atomic mass is 10.0. The van der Waals surface area contributed by atoms with Gasteiger partial charge in [-0.1, -0.05) is 0 Å². The van der Waals surface area contributed by atoms with Gasteiger partial charge in [0.05, 0.1) is 23.7 Å². The number of azo groups is 1. The number of carbonyl (C=O) groups is 1. The first-order chi connectivity index (χ1) is 15.8. The van der Waals surface area contributed by atoms with Crippen molar-refractivity contribution < 1.29 is 31.1 Å². The number of carbonyl (C=O) groups excluding carboxylic acids is 1. The molecule has 1 aliphatic heterocycles. The number of hydrogen-bond donors (Lipinski definition) is 1. The monoisotopic (exact) mass is 500 g/mol. The topological polar surface area (TPSA) is 126 Å². The van der Waals surface area contributed by atoms with Crippen LogP contribution in [0, 0.1) is 13.8 Å². The lowest BCUT2D eigenvalue weighted by Gasteiger charge is -2.28. The van der Waals surface area contributed by atoms with Gasteiger partial charge >= 0.3 is 21.5 Å². The Kier molecular flexibility index (Phi) is 7.10. The summed E-state index contributed by atoms with van der Waals surface area (Å²) < 4.78 is 69.0. The Morgan fingerprint density at radius 2 is 1.85 bits per heavy atom. The predicted molar refractivity (Wildman–Crippen MR) is 118 cm³/mol. The number of ether oxygens (including phenoxy) is 1. The van der Waals surface area contributed by atoms with Gasteiger partial charge in [0.1, 0.15) is 11.3 Å². The average Bonchev–Trinajstić information content (AvgIpc) is 2.71. The minimum atomic E-state index is -5.69. The molecule has 184 valence electrons. The van der Waals surface area contributed by atoms with Gasteiger partial charge in [0, 0.05) is 19.3 Å². The van der Waals surface area contributed by atoms with Crippen molar-refractivity contribution in [3.63, 3.8) is 0 Å². The Bertz CT molecular complexity index is 1220. The summed E-state index contributed by atoms with van der Waals surface area (Å²) in [5.41, 5.74) is -3.91. The van der Waals surface area contributed by atoms with Gasteiger partial charge in [0.15, 0.2) is 0 Å². The Morgan fingerprint density at radius 1 is 1.21 bits per heavy atom. The summed E-state index contributed by atoms with van der Waals surface area (Å²) >= 11 is 0. The number of sulfonamides is 1. The maximum Gasteiger partial charge on any atom is 0.516 e. The van der Waals surface area contributed by atoms with Crippen LogP contribution in [-0.2, 0) is 21.2 Å². The quantitative estimate of drug-likeness (QED) is 0.462. The van der Waals surface area contributed by atoms with Crippen LogP contribution in [0.3, 0.4) is 0 Å². The van der Waals surface area contributed by atoms with E-state index in [4.69, 9.17) is 4.74 Å². The Morgan fingerprint density at radius 3 is 2.44 bits per heavy atom. The van der Waals surface area contributed by atoms with Crippen molar-refractivity contribution >= 4 is 39.0 Å². The molecule has 0 radical (unpaired) electrons. The highest BCUT2D eigenvalue weighted by atomic mass is 32.2. The number of anilines is 2. The number of halogens is 3. The largest absolute Gasteiger partial charge is 0.516 e. The van der Waals surface area contributed by atoms with E-state index in [9.17, 15) is 26.4 Å². The van der Waals surface area contributed by atoms with Crippen molar-refractivity contribution in [2.24, 2.45) is 10.2 Å². The van der Waals surface area contributed by atoms with Crippen LogP contribution in [0.4, 0.5) is 36.2 Å². The zero-order chi connectivity index (χ0) is 25.3. The van der Waals surface area contributed by atoms with Crippen molar-refractivity contribution in [3.05, 3.63) is 34.6 Å². The molecule has 0 bridgehead atoms. The molecule has 1 N–H and O–H groups in total. The third kappa shape index (κ3) is 5.26. The zero-order valence-electron chi connectivity index (χ0n) is 18.9. The Balaban J connectivity index is 2.04. The molecule has 1 aromatic carbocycles. The Hall–Kier alpha value is -3.29. The highest BCUT2D eigenvalue weighted by Crippen LogP contribution is 2.39. The molecule has 14 heteroatoms. The summed E-state index contributed by atoms with van der Waals surface area (Å²) in [5, 5.41) is 7.83. The molecule has 1 aliphatic rings. The van der Waals surface area contributed by atoms with E-state index < -0.39 is 21.5 Å². The van der Waals surface area contributed by atoms with E-state index in [-0.39, 0.29) is 40.9 Å². The molecule has 0 fully saturated rings. The van der Waals surface area contributed by atoms with Gasteiger partial charge in [-0.3, -0.25) is 4.72 Å². The van der Waals surface area contributed by atoms with E-state index >= 15 is 0 Å². The van der Waals surface area contributed by atoms with E-state index in [1.54, 1.807) is 32.5 Å². The van der Waals surface area contributed by atoms with Gasteiger partial charge in [0.25, 0.3) is 5.95 Å². The molecule has 0 aliphatic carbocycles. The van der Waals surface area contributed by atoms with E-state index in [1.807, 2.05) is 4.90 Å². The van der Waals surface area contributed by atoms with Crippen LogP contribution in [0.25, 0.3) is 0 Å². The number of aromatic nitrogens is 2. The molecule has 2 heterocycles. The smallest absolute Gasteiger partial charge is 0.462 e. The van der Waals surface area contributed by atoms with Gasteiger partial charge < -0.3 is 9.64 Å². The summed E-state index contributed by atoms with van der Waals surface area (Å²) in [5.74, 6) is -0.744. The predicted octanol–water partition coefficient (Wildman–Crippen LogP) is 4.33. The summed E-state index contributed by atoms with van der Waals surface area (Å²) in [4.78, 5) is 22.1. The number of alkyl halides is 3. The molecule has 34 heavy (non-hydrogen) atoms. The second-order valence-electron chi connectivity index (χ2n) is 7.56. The van der Waals surface area contributed by atoms with Crippen LogP contribution in [0.5, 0.6) is 0 Å². The summed E-state index contributed by atoms with van der Waals surface area (Å²) in [7, 11) is -3.93. The molecule has 3 rings (SSSR count). The van der Waals surface area contributed by atoms with Gasteiger partial charge in [-0.15, -0.1) is 10.2 Å². The van der Waals surface area contributed by atoms with Crippen molar-refractivity contribution in [2.45, 2.75) is 39.1 Å². The number of benzene rings is 1. The van der Waals surface area contributed by atoms with E-state index in [0.29, 0.717) is 18.7 Å². The van der Waals surface area contributed by atoms with Crippen LogP contribution in [0.2, 0.25) is 0 Å². The molecule has 0 saturated heterocycles. The number of aryl methyl sites for hydroxylation is 3. The number of hydrogen-bond acceptors (Lipinski definition) is 9. The van der Waals surface area contributed by atoms with E-state index in [2.05, 4.69) is 20.2 Å². The highest BCUT2D eigenvalue weighted by Gasteiger charge is 2.46. The number of nitrogens with one attached hydrogen (secondary N) is 1. The lowest BCUT2D eigenvalue weighted by Crippen LogP contribution is -2.30. The van der Waals surface area contributed by atoms with Gasteiger partial charge in [-0.05, 0) is 51.3 Å². The van der Waals surface area contributed by atoms with Gasteiger partial charge in [-0.2, -0.15) is 21.6 Å². The number of rotatable bonds is 6. The first-order valence-corrected chi connectivity index (χ1v) is 11.7. The molecule has 2 aromatic rings. The van der Waals surface area contributed by atoms with Gasteiger partial charge in [0.2, 0.25) is 0 Å². The first-order valence-electron chi connectivity index (χ1n) is 10.2. The molecule has 0 atom stereocenters. The van der Waals surface area contributed by atoms with Crippen LogP contribution in [-0.4, -0.2) is 50.1 Å². The summed E-state index contributed by atoms with van der Waals surface area (Å²) in [6, 6.07) is 2.78. The van der Waals surface area contributed by atoms with Crippen molar-refractivity contribution in [1.29, 1.82) is 0 Å².